The Morgan fingerprint density at radius 1 is 1.17 bits per heavy atom. The molecule has 0 saturated carbocycles. The highest BCUT2D eigenvalue weighted by atomic mass is 16.5. The molecule has 0 saturated heterocycles. The molecule has 1 amide bonds. The number of hydrogen-bond acceptors (Lipinski definition) is 3. The first-order chi connectivity index (χ1) is 11.7. The molecular formula is C20H23NO3. The summed E-state index contributed by atoms with van der Waals surface area (Å²) >= 11 is 0. The van der Waals surface area contributed by atoms with Crippen molar-refractivity contribution in [1.29, 1.82) is 0 Å². The fourth-order valence-corrected chi connectivity index (χ4v) is 2.20. The van der Waals surface area contributed by atoms with Gasteiger partial charge in [-0.2, -0.15) is 0 Å². The normalized spacial score (nSPS) is 10.6. The van der Waals surface area contributed by atoms with E-state index in [9.17, 15) is 4.79 Å². The van der Waals surface area contributed by atoms with Crippen LogP contribution < -0.4 is 10.1 Å². The molecule has 0 atom stereocenters. The van der Waals surface area contributed by atoms with Crippen molar-refractivity contribution in [2.45, 2.75) is 20.0 Å². The summed E-state index contributed by atoms with van der Waals surface area (Å²) in [6, 6.07) is 15.7. The SMILES string of the molecule is COc1cc(C)ccc1C=CCCNC(=O)OCc1ccccc1. The Balaban J connectivity index is 1.69. The van der Waals surface area contributed by atoms with Crippen molar-refractivity contribution < 1.29 is 14.3 Å². The monoisotopic (exact) mass is 325 g/mol. The number of hydrogen-bond donors (Lipinski definition) is 1. The van der Waals surface area contributed by atoms with E-state index >= 15 is 0 Å². The number of amides is 1. The fourth-order valence-electron chi connectivity index (χ4n) is 2.20. The fraction of sp³-hybridized carbons (Fsp3) is 0.250. The first-order valence-electron chi connectivity index (χ1n) is 7.95. The molecule has 2 rings (SSSR count). The molecule has 4 heteroatoms. The lowest BCUT2D eigenvalue weighted by Gasteiger charge is -2.07. The van der Waals surface area contributed by atoms with E-state index in [4.69, 9.17) is 9.47 Å². The van der Waals surface area contributed by atoms with E-state index in [0.717, 1.165) is 28.9 Å². The second kappa shape index (κ2) is 9.40. The molecule has 0 radical (unpaired) electrons. The van der Waals surface area contributed by atoms with E-state index in [1.54, 1.807) is 7.11 Å². The lowest BCUT2D eigenvalue weighted by molar-refractivity contribution is 0.140. The van der Waals surface area contributed by atoms with Gasteiger partial charge in [-0.1, -0.05) is 54.6 Å². The van der Waals surface area contributed by atoms with E-state index in [0.29, 0.717) is 6.54 Å². The predicted molar refractivity (Wildman–Crippen MR) is 96.0 cm³/mol. The zero-order valence-corrected chi connectivity index (χ0v) is 14.1. The van der Waals surface area contributed by atoms with Crippen LogP contribution in [-0.2, 0) is 11.3 Å². The van der Waals surface area contributed by atoms with Crippen molar-refractivity contribution in [1.82, 2.24) is 5.32 Å². The number of carbonyl (C=O) groups excluding carboxylic acids is 1. The van der Waals surface area contributed by atoms with E-state index in [1.807, 2.05) is 67.6 Å². The first kappa shape index (κ1) is 17.6. The Morgan fingerprint density at radius 3 is 2.71 bits per heavy atom. The molecular weight excluding hydrogens is 302 g/mol. The van der Waals surface area contributed by atoms with Crippen molar-refractivity contribution in [3.63, 3.8) is 0 Å². The number of nitrogens with one attached hydrogen (secondary N) is 1. The smallest absolute Gasteiger partial charge is 0.407 e. The average molecular weight is 325 g/mol. The highest BCUT2D eigenvalue weighted by molar-refractivity contribution is 5.67. The summed E-state index contributed by atoms with van der Waals surface area (Å²) in [6.07, 6.45) is 4.32. The highest BCUT2D eigenvalue weighted by Crippen LogP contribution is 2.21. The third kappa shape index (κ3) is 5.80. The van der Waals surface area contributed by atoms with Crippen LogP contribution in [0, 0.1) is 6.92 Å². The van der Waals surface area contributed by atoms with E-state index in [2.05, 4.69) is 5.32 Å². The molecule has 24 heavy (non-hydrogen) atoms. The summed E-state index contributed by atoms with van der Waals surface area (Å²) in [6.45, 7) is 2.84. The van der Waals surface area contributed by atoms with Crippen molar-refractivity contribution in [2.75, 3.05) is 13.7 Å². The molecule has 1 N–H and O–H groups in total. The molecule has 0 aliphatic carbocycles. The Labute approximate surface area is 143 Å². The Morgan fingerprint density at radius 2 is 1.96 bits per heavy atom. The molecule has 0 unspecified atom stereocenters. The minimum absolute atomic E-state index is 0.281. The van der Waals surface area contributed by atoms with Gasteiger partial charge in [0.25, 0.3) is 0 Å². The summed E-state index contributed by atoms with van der Waals surface area (Å²) in [7, 11) is 1.66. The Hall–Kier alpha value is -2.75. The van der Waals surface area contributed by atoms with Crippen LogP contribution in [0.25, 0.3) is 6.08 Å². The van der Waals surface area contributed by atoms with E-state index in [-0.39, 0.29) is 6.61 Å². The van der Waals surface area contributed by atoms with Gasteiger partial charge in [0, 0.05) is 12.1 Å². The molecule has 0 aromatic heterocycles. The zero-order valence-electron chi connectivity index (χ0n) is 14.1. The number of methoxy groups -OCH3 is 1. The van der Waals surface area contributed by atoms with E-state index in [1.165, 1.54) is 0 Å². The number of rotatable bonds is 7. The Kier molecular flexibility index (Phi) is 6.90. The molecule has 4 nitrogen and oxygen atoms in total. The second-order valence-electron chi connectivity index (χ2n) is 5.42. The Bertz CT molecular complexity index is 681. The largest absolute Gasteiger partial charge is 0.496 e. The van der Waals surface area contributed by atoms with E-state index < -0.39 is 6.09 Å². The minimum Gasteiger partial charge on any atom is -0.496 e. The summed E-state index contributed by atoms with van der Waals surface area (Å²) < 4.78 is 10.5. The van der Waals surface area contributed by atoms with Gasteiger partial charge < -0.3 is 14.8 Å². The van der Waals surface area contributed by atoms with Crippen LogP contribution >= 0.6 is 0 Å². The topological polar surface area (TPSA) is 47.6 Å². The van der Waals surface area contributed by atoms with Crippen molar-refractivity contribution >= 4 is 12.2 Å². The molecule has 2 aromatic rings. The van der Waals surface area contributed by atoms with Crippen LogP contribution in [-0.4, -0.2) is 19.7 Å². The minimum atomic E-state index is -0.403. The van der Waals surface area contributed by atoms with Gasteiger partial charge in [-0.05, 0) is 30.5 Å². The third-order valence-corrected chi connectivity index (χ3v) is 3.48. The second-order valence-corrected chi connectivity index (χ2v) is 5.42. The lowest BCUT2D eigenvalue weighted by Crippen LogP contribution is -2.24. The summed E-state index contributed by atoms with van der Waals surface area (Å²) in [4.78, 5) is 11.6. The summed E-state index contributed by atoms with van der Waals surface area (Å²) in [5, 5.41) is 2.73. The van der Waals surface area contributed by atoms with Gasteiger partial charge in [-0.15, -0.1) is 0 Å². The third-order valence-electron chi connectivity index (χ3n) is 3.48. The molecule has 0 fully saturated rings. The highest BCUT2D eigenvalue weighted by Gasteiger charge is 2.01. The van der Waals surface area contributed by atoms with Crippen LogP contribution in [0.3, 0.4) is 0 Å². The van der Waals surface area contributed by atoms with Gasteiger partial charge in [-0.3, -0.25) is 0 Å². The summed E-state index contributed by atoms with van der Waals surface area (Å²) in [5.41, 5.74) is 3.15. The van der Waals surface area contributed by atoms with Gasteiger partial charge in [0.05, 0.1) is 7.11 Å². The quantitative estimate of drug-likeness (QED) is 0.771. The van der Waals surface area contributed by atoms with Crippen LogP contribution in [0.4, 0.5) is 4.79 Å². The number of benzene rings is 2. The molecule has 126 valence electrons. The van der Waals surface area contributed by atoms with Crippen molar-refractivity contribution in [3.05, 3.63) is 71.3 Å². The predicted octanol–water partition coefficient (Wildman–Crippen LogP) is 4.33. The van der Waals surface area contributed by atoms with Crippen LogP contribution in [0.5, 0.6) is 5.75 Å². The van der Waals surface area contributed by atoms with Gasteiger partial charge in [0.1, 0.15) is 12.4 Å². The van der Waals surface area contributed by atoms with Crippen LogP contribution in [0.15, 0.2) is 54.6 Å². The molecule has 0 bridgehead atoms. The maximum absolute atomic E-state index is 11.6. The molecule has 0 spiro atoms. The van der Waals surface area contributed by atoms with Gasteiger partial charge in [-0.25, -0.2) is 4.79 Å². The van der Waals surface area contributed by atoms with Crippen LogP contribution in [0.2, 0.25) is 0 Å². The standard InChI is InChI=1S/C20H23NO3/c1-16-11-12-18(19(14-16)23-2)10-6-7-13-21-20(22)24-15-17-8-4-3-5-9-17/h3-6,8-12,14H,7,13,15H2,1-2H3,(H,21,22). The molecule has 0 aliphatic rings. The number of ether oxygens (including phenoxy) is 2. The number of alkyl carbamates (subject to hydrolysis) is 1. The first-order valence-corrected chi connectivity index (χ1v) is 7.95. The van der Waals surface area contributed by atoms with Crippen molar-refractivity contribution in [2.24, 2.45) is 0 Å². The van der Waals surface area contributed by atoms with Crippen molar-refractivity contribution in [3.8, 4) is 5.75 Å². The van der Waals surface area contributed by atoms with Gasteiger partial charge in [0.2, 0.25) is 0 Å². The number of carbonyl (C=O) groups is 1. The number of aryl methyl sites for hydroxylation is 1. The van der Waals surface area contributed by atoms with Gasteiger partial charge in [0.15, 0.2) is 0 Å². The molecule has 2 aromatic carbocycles. The maximum Gasteiger partial charge on any atom is 0.407 e. The van der Waals surface area contributed by atoms with Gasteiger partial charge >= 0.3 is 6.09 Å². The maximum atomic E-state index is 11.6. The summed E-state index contributed by atoms with van der Waals surface area (Å²) in [5.74, 6) is 0.849. The average Bonchev–Trinajstić information content (AvgIpc) is 2.61. The molecule has 0 aliphatic heterocycles. The lowest BCUT2D eigenvalue weighted by atomic mass is 10.1. The molecule has 0 heterocycles. The van der Waals surface area contributed by atoms with Crippen LogP contribution in [0.1, 0.15) is 23.1 Å². The zero-order chi connectivity index (χ0) is 17.2.